The molecule has 0 unspecified atom stereocenters. The molecule has 8 heteroatoms. The lowest BCUT2D eigenvalue weighted by atomic mass is 10.0. The lowest BCUT2D eigenvalue weighted by Crippen LogP contribution is -2.30. The van der Waals surface area contributed by atoms with E-state index in [0.29, 0.717) is 23.7 Å². The van der Waals surface area contributed by atoms with Gasteiger partial charge in [-0.15, -0.1) is 0 Å². The van der Waals surface area contributed by atoms with Crippen LogP contribution in [0.1, 0.15) is 63.5 Å². The van der Waals surface area contributed by atoms with Crippen molar-refractivity contribution in [2.75, 3.05) is 5.73 Å². The Morgan fingerprint density at radius 2 is 0.860 bits per heavy atom. The van der Waals surface area contributed by atoms with Gasteiger partial charge in [-0.2, -0.15) is 10.2 Å². The first kappa shape index (κ1) is 31.4. The number of nitrogens with zero attached hydrogens (tertiary/aromatic N) is 4. The molecule has 0 spiro atoms. The highest BCUT2D eigenvalue weighted by Crippen LogP contribution is 2.52. The summed E-state index contributed by atoms with van der Waals surface area (Å²) in [4.78, 5) is 26.3. The van der Waals surface area contributed by atoms with E-state index in [1.807, 2.05) is 94.3 Å². The number of fused-ring (bicyclic) bond motifs is 2. The molecule has 0 saturated heterocycles. The molecular weight excluding hydrogens is 686 g/mol. The number of nitrogens with two attached hydrogens (primary N) is 1. The van der Waals surface area contributed by atoms with E-state index in [9.17, 15) is 9.59 Å². The Balaban J connectivity index is 0.000000135. The zero-order chi connectivity index (χ0) is 33.9. The maximum atomic E-state index is 13.2. The number of anilines is 1. The Morgan fingerprint density at radius 3 is 1.22 bits per heavy atom. The number of benzene rings is 4. The Hall–Kier alpha value is -4.56. The van der Waals surface area contributed by atoms with Crippen LogP contribution in [0.3, 0.4) is 0 Å². The molecular formula is C42H40BrN5O2. The first-order chi connectivity index (χ1) is 24.4. The van der Waals surface area contributed by atoms with E-state index in [2.05, 4.69) is 28.1 Å². The summed E-state index contributed by atoms with van der Waals surface area (Å²) >= 11 is 3.50. The molecule has 7 nitrogen and oxygen atoms in total. The molecule has 2 N–H and O–H groups in total. The molecule has 252 valence electrons. The quantitative estimate of drug-likeness (QED) is 0.158. The van der Waals surface area contributed by atoms with Gasteiger partial charge in [-0.1, -0.05) is 76.6 Å². The second-order valence-electron chi connectivity index (χ2n) is 14.7. The van der Waals surface area contributed by atoms with E-state index in [-0.39, 0.29) is 23.2 Å². The predicted molar refractivity (Wildman–Crippen MR) is 204 cm³/mol. The predicted octanol–water partition coefficient (Wildman–Crippen LogP) is 9.19. The third-order valence-electron chi connectivity index (χ3n) is 10.9. The third kappa shape index (κ3) is 6.08. The summed E-state index contributed by atoms with van der Waals surface area (Å²) in [5.74, 6) is 2.52. The zero-order valence-electron chi connectivity index (χ0n) is 27.9. The van der Waals surface area contributed by atoms with Gasteiger partial charge in [0.2, 0.25) is 0 Å². The van der Waals surface area contributed by atoms with Gasteiger partial charge in [-0.3, -0.25) is 9.59 Å². The number of aromatic nitrogens is 4. The summed E-state index contributed by atoms with van der Waals surface area (Å²) in [6.07, 6.45) is 9.81. The molecule has 0 aliphatic heterocycles. The van der Waals surface area contributed by atoms with Crippen LogP contribution in [0.25, 0.3) is 44.1 Å². The minimum atomic E-state index is 0.0543. The Morgan fingerprint density at radius 1 is 0.520 bits per heavy atom. The van der Waals surface area contributed by atoms with Crippen LogP contribution in [0.2, 0.25) is 0 Å². The lowest BCUT2D eigenvalue weighted by Gasteiger charge is -2.20. The maximum absolute atomic E-state index is 13.2. The van der Waals surface area contributed by atoms with Crippen LogP contribution in [-0.2, 0) is 0 Å². The highest BCUT2D eigenvalue weighted by Gasteiger charge is 2.45. The van der Waals surface area contributed by atoms with Crippen molar-refractivity contribution < 1.29 is 0 Å². The van der Waals surface area contributed by atoms with Crippen molar-refractivity contribution in [3.05, 3.63) is 122 Å². The summed E-state index contributed by atoms with van der Waals surface area (Å²) < 4.78 is 4.68. The molecule has 4 aliphatic rings. The van der Waals surface area contributed by atoms with Gasteiger partial charge in [0.15, 0.2) is 0 Å². The topological polar surface area (TPSA) is 95.8 Å². The van der Waals surface area contributed by atoms with E-state index in [0.717, 1.165) is 54.2 Å². The van der Waals surface area contributed by atoms with Gasteiger partial charge < -0.3 is 5.73 Å². The first-order valence-electron chi connectivity index (χ1n) is 18.1. The van der Waals surface area contributed by atoms with Crippen LogP contribution in [0.5, 0.6) is 0 Å². The minimum Gasteiger partial charge on any atom is -0.399 e. The van der Waals surface area contributed by atoms with Gasteiger partial charge >= 0.3 is 0 Å². The van der Waals surface area contributed by atoms with E-state index in [4.69, 9.17) is 15.9 Å². The molecule has 2 aromatic heterocycles. The van der Waals surface area contributed by atoms with Crippen LogP contribution in [0.15, 0.2) is 111 Å². The van der Waals surface area contributed by atoms with Crippen LogP contribution in [0, 0.1) is 23.7 Å². The maximum Gasteiger partial charge on any atom is 0.274 e. The highest BCUT2D eigenvalue weighted by molar-refractivity contribution is 9.10. The fourth-order valence-electron chi connectivity index (χ4n) is 7.81. The fraction of sp³-hybridized carbons (Fsp3) is 0.333. The zero-order valence-corrected chi connectivity index (χ0v) is 29.5. The highest BCUT2D eigenvalue weighted by atomic mass is 79.9. The summed E-state index contributed by atoms with van der Waals surface area (Å²) in [6, 6.07) is 32.2. The Bertz CT molecular complexity index is 2140. The van der Waals surface area contributed by atoms with E-state index in [1.54, 1.807) is 0 Å². The number of hydrogen-bond acceptors (Lipinski definition) is 5. The first-order valence-corrected chi connectivity index (χ1v) is 18.9. The Kier molecular flexibility index (Phi) is 7.95. The molecule has 0 atom stereocenters. The molecule has 2 heterocycles. The van der Waals surface area contributed by atoms with Crippen molar-refractivity contribution in [3.8, 4) is 22.5 Å². The van der Waals surface area contributed by atoms with Crippen LogP contribution in [0.4, 0.5) is 5.69 Å². The second kappa shape index (κ2) is 12.6. The lowest BCUT2D eigenvalue weighted by molar-refractivity contribution is 0.349. The SMILES string of the molecule is Nc1ccc(-c2nn(C(C3CC3)C3CC3)c(=O)c3ccccc23)cc1.O=c1c2ccccc2c(-c2ccc(Br)cc2)nn1C(C1CC1)C1CC1. The van der Waals surface area contributed by atoms with E-state index >= 15 is 0 Å². The van der Waals surface area contributed by atoms with Crippen molar-refractivity contribution in [3.63, 3.8) is 0 Å². The van der Waals surface area contributed by atoms with Crippen molar-refractivity contribution in [1.29, 1.82) is 0 Å². The number of halogens is 1. The van der Waals surface area contributed by atoms with Crippen LogP contribution in [-0.4, -0.2) is 19.6 Å². The standard InChI is InChI=1S/C21H19BrN2O.C21H21N3O/c2*22-16-11-9-13(10-12-16)19-17-3-1-2-4-18(17)21(25)24(23-19)20(14-5-6-14)15-7-8-15/h1-4,9-12,14-15,20H,5-8H2;1-4,9-12,14-15,20H,5-8,22H2. The van der Waals surface area contributed by atoms with Gasteiger partial charge in [0.1, 0.15) is 0 Å². The average molecular weight is 727 g/mol. The third-order valence-corrected chi connectivity index (χ3v) is 11.5. The molecule has 0 radical (unpaired) electrons. The monoisotopic (exact) mass is 725 g/mol. The van der Waals surface area contributed by atoms with Crippen molar-refractivity contribution in [1.82, 2.24) is 19.6 Å². The van der Waals surface area contributed by atoms with Crippen molar-refractivity contribution >= 4 is 43.2 Å². The largest absolute Gasteiger partial charge is 0.399 e. The molecule has 4 saturated carbocycles. The number of hydrogen-bond donors (Lipinski definition) is 1. The van der Waals surface area contributed by atoms with Gasteiger partial charge in [0.05, 0.1) is 34.2 Å². The fourth-order valence-corrected chi connectivity index (χ4v) is 8.08. The molecule has 50 heavy (non-hydrogen) atoms. The molecule has 10 rings (SSSR count). The second-order valence-corrected chi connectivity index (χ2v) is 15.7. The summed E-state index contributed by atoms with van der Waals surface area (Å²) in [5, 5.41) is 13.2. The van der Waals surface area contributed by atoms with Gasteiger partial charge in [0, 0.05) is 32.1 Å². The van der Waals surface area contributed by atoms with Crippen molar-refractivity contribution in [2.24, 2.45) is 23.7 Å². The molecule has 4 fully saturated rings. The molecule has 4 aliphatic carbocycles. The normalized spacial score (nSPS) is 17.3. The van der Waals surface area contributed by atoms with Gasteiger partial charge in [0.25, 0.3) is 11.1 Å². The van der Waals surface area contributed by atoms with Crippen LogP contribution < -0.4 is 16.9 Å². The molecule has 6 aromatic rings. The van der Waals surface area contributed by atoms with Crippen molar-refractivity contribution in [2.45, 2.75) is 63.5 Å². The van der Waals surface area contributed by atoms with Gasteiger partial charge in [-0.25, -0.2) is 9.36 Å². The molecule has 0 bridgehead atoms. The smallest absolute Gasteiger partial charge is 0.274 e. The summed E-state index contributed by atoms with van der Waals surface area (Å²) in [5.41, 5.74) is 10.5. The van der Waals surface area contributed by atoms with E-state index < -0.39 is 0 Å². The van der Waals surface area contributed by atoms with E-state index in [1.165, 1.54) is 51.4 Å². The summed E-state index contributed by atoms with van der Waals surface area (Å²) in [7, 11) is 0. The van der Waals surface area contributed by atoms with Gasteiger partial charge in [-0.05, 0) is 111 Å². The Labute approximate surface area is 299 Å². The molecule has 4 aromatic carbocycles. The molecule has 0 amide bonds. The number of rotatable bonds is 8. The minimum absolute atomic E-state index is 0.0543. The van der Waals surface area contributed by atoms with Crippen LogP contribution >= 0.6 is 15.9 Å². The average Bonchev–Trinajstić information content (AvgIpc) is 3.93. The summed E-state index contributed by atoms with van der Waals surface area (Å²) in [6.45, 7) is 0. The number of nitrogen functional groups attached to an aromatic ring is 1.